The van der Waals surface area contributed by atoms with Crippen molar-refractivity contribution in [3.63, 3.8) is 0 Å². The molecule has 116 valence electrons. The second-order valence-electron chi connectivity index (χ2n) is 4.56. The van der Waals surface area contributed by atoms with Gasteiger partial charge in [0.2, 0.25) is 5.91 Å². The molecule has 1 rings (SSSR count). The molecule has 0 bridgehead atoms. The van der Waals surface area contributed by atoms with E-state index in [1.165, 1.54) is 11.0 Å². The number of likely N-dealkylation sites (N-methyl/N-ethyl adjacent to an activating group) is 1. The van der Waals surface area contributed by atoms with Crippen LogP contribution >= 0.6 is 11.6 Å². The van der Waals surface area contributed by atoms with Crippen LogP contribution in [0.2, 0.25) is 5.15 Å². The van der Waals surface area contributed by atoms with Crippen LogP contribution in [-0.2, 0) is 21.4 Å². The molecule has 0 saturated heterocycles. The molecule has 0 saturated carbocycles. The summed E-state index contributed by atoms with van der Waals surface area (Å²) in [5.74, 6) is -0.522. The average molecular weight is 314 g/mol. The molecule has 6 nitrogen and oxygen atoms in total. The van der Waals surface area contributed by atoms with Crippen LogP contribution in [-0.4, -0.2) is 46.8 Å². The Morgan fingerprint density at radius 2 is 2.14 bits per heavy atom. The van der Waals surface area contributed by atoms with Gasteiger partial charge in [0.05, 0.1) is 18.7 Å². The third-order valence-electron chi connectivity index (χ3n) is 2.92. The summed E-state index contributed by atoms with van der Waals surface area (Å²) in [6.07, 6.45) is 3.23. The van der Waals surface area contributed by atoms with Gasteiger partial charge in [-0.3, -0.25) is 14.3 Å². The summed E-state index contributed by atoms with van der Waals surface area (Å²) in [6.45, 7) is 4.22. The summed E-state index contributed by atoms with van der Waals surface area (Å²) >= 11 is 6.08. The van der Waals surface area contributed by atoms with Crippen LogP contribution in [0.5, 0.6) is 0 Å². The van der Waals surface area contributed by atoms with E-state index in [-0.39, 0.29) is 18.3 Å². The lowest BCUT2D eigenvalue weighted by molar-refractivity contribution is -0.143. The zero-order valence-corrected chi connectivity index (χ0v) is 13.5. The number of hydrogen-bond donors (Lipinski definition) is 0. The number of carbonyl (C=O) groups is 2. The van der Waals surface area contributed by atoms with Crippen LogP contribution < -0.4 is 0 Å². The number of hydrogen-bond acceptors (Lipinski definition) is 4. The highest BCUT2D eigenvalue weighted by Gasteiger charge is 2.11. The first-order valence-corrected chi connectivity index (χ1v) is 7.02. The van der Waals surface area contributed by atoms with Crippen molar-refractivity contribution in [3.8, 4) is 0 Å². The lowest BCUT2D eigenvalue weighted by Gasteiger charge is -2.14. The molecular weight excluding hydrogens is 294 g/mol. The van der Waals surface area contributed by atoms with E-state index in [1.54, 1.807) is 31.8 Å². The first-order chi connectivity index (χ1) is 9.86. The van der Waals surface area contributed by atoms with Crippen molar-refractivity contribution < 1.29 is 14.3 Å². The van der Waals surface area contributed by atoms with Gasteiger partial charge in [-0.1, -0.05) is 11.6 Å². The molecule has 0 unspecified atom stereocenters. The fourth-order valence-corrected chi connectivity index (χ4v) is 1.96. The maximum atomic E-state index is 11.9. The minimum Gasteiger partial charge on any atom is -0.466 e. The van der Waals surface area contributed by atoms with Crippen LogP contribution in [0.1, 0.15) is 24.6 Å². The molecule has 0 spiro atoms. The van der Waals surface area contributed by atoms with Gasteiger partial charge in [0.15, 0.2) is 0 Å². The van der Waals surface area contributed by atoms with E-state index in [2.05, 4.69) is 5.10 Å². The summed E-state index contributed by atoms with van der Waals surface area (Å²) in [6, 6.07) is 0. The van der Waals surface area contributed by atoms with Crippen LogP contribution in [0.4, 0.5) is 0 Å². The Hall–Kier alpha value is -1.82. The van der Waals surface area contributed by atoms with E-state index in [0.717, 1.165) is 5.69 Å². The molecule has 0 N–H and O–H groups in total. The van der Waals surface area contributed by atoms with Crippen molar-refractivity contribution in [1.29, 1.82) is 0 Å². The van der Waals surface area contributed by atoms with Crippen molar-refractivity contribution in [3.05, 3.63) is 22.5 Å². The number of rotatable bonds is 6. The summed E-state index contributed by atoms with van der Waals surface area (Å²) in [5, 5.41) is 4.64. The van der Waals surface area contributed by atoms with Crippen LogP contribution in [0, 0.1) is 6.92 Å². The Morgan fingerprint density at radius 1 is 1.48 bits per heavy atom. The van der Waals surface area contributed by atoms with E-state index in [9.17, 15) is 9.59 Å². The SMILES string of the molecule is CCOC(=O)CCN(C)C(=O)C=Cc1c(C)nn(C)c1Cl. The van der Waals surface area contributed by atoms with Crippen LogP contribution in [0.3, 0.4) is 0 Å². The Balaban J connectivity index is 2.59. The molecule has 0 atom stereocenters. The van der Waals surface area contributed by atoms with Gasteiger partial charge in [0, 0.05) is 32.3 Å². The van der Waals surface area contributed by atoms with E-state index < -0.39 is 0 Å². The number of aryl methyl sites for hydroxylation is 2. The second-order valence-corrected chi connectivity index (χ2v) is 4.92. The number of carbonyl (C=O) groups excluding carboxylic acids is 2. The summed E-state index contributed by atoms with van der Waals surface area (Å²) in [4.78, 5) is 24.6. The number of nitrogens with zero attached hydrogens (tertiary/aromatic N) is 3. The zero-order chi connectivity index (χ0) is 16.0. The molecule has 7 heteroatoms. The minimum absolute atomic E-state index is 0.177. The van der Waals surface area contributed by atoms with Crippen molar-refractivity contribution in [2.75, 3.05) is 20.2 Å². The molecule has 1 aromatic heterocycles. The van der Waals surface area contributed by atoms with Crippen molar-refractivity contribution in [2.45, 2.75) is 20.3 Å². The smallest absolute Gasteiger partial charge is 0.307 e. The fraction of sp³-hybridized carbons (Fsp3) is 0.500. The molecule has 0 radical (unpaired) electrons. The lowest BCUT2D eigenvalue weighted by Crippen LogP contribution is -2.27. The average Bonchev–Trinajstić information content (AvgIpc) is 2.67. The fourth-order valence-electron chi connectivity index (χ4n) is 1.72. The molecule has 1 amide bonds. The highest BCUT2D eigenvalue weighted by molar-refractivity contribution is 6.31. The second kappa shape index (κ2) is 7.83. The van der Waals surface area contributed by atoms with Gasteiger partial charge < -0.3 is 9.64 Å². The largest absolute Gasteiger partial charge is 0.466 e. The van der Waals surface area contributed by atoms with Gasteiger partial charge in [-0.2, -0.15) is 5.10 Å². The van der Waals surface area contributed by atoms with Gasteiger partial charge in [-0.05, 0) is 19.9 Å². The lowest BCUT2D eigenvalue weighted by atomic mass is 10.2. The number of esters is 1. The number of aromatic nitrogens is 2. The van der Waals surface area contributed by atoms with E-state index in [4.69, 9.17) is 16.3 Å². The molecule has 0 aliphatic carbocycles. The van der Waals surface area contributed by atoms with Gasteiger partial charge in [0.25, 0.3) is 0 Å². The Morgan fingerprint density at radius 3 is 2.67 bits per heavy atom. The van der Waals surface area contributed by atoms with Crippen LogP contribution in [0.25, 0.3) is 6.08 Å². The third kappa shape index (κ3) is 4.90. The summed E-state index contributed by atoms with van der Waals surface area (Å²) in [5.41, 5.74) is 1.46. The van der Waals surface area contributed by atoms with Crippen LogP contribution in [0.15, 0.2) is 6.08 Å². The monoisotopic (exact) mass is 313 g/mol. The van der Waals surface area contributed by atoms with Crippen molar-refractivity contribution in [2.24, 2.45) is 7.05 Å². The predicted molar refractivity (Wildman–Crippen MR) is 80.9 cm³/mol. The van der Waals surface area contributed by atoms with Gasteiger partial charge >= 0.3 is 5.97 Å². The summed E-state index contributed by atoms with van der Waals surface area (Å²) < 4.78 is 6.36. The minimum atomic E-state index is -0.313. The molecule has 0 fully saturated rings. The number of amides is 1. The predicted octanol–water partition coefficient (Wildman–Crippen LogP) is 1.81. The first kappa shape index (κ1) is 17.2. The van der Waals surface area contributed by atoms with Gasteiger partial charge in [0.1, 0.15) is 5.15 Å². The Kier molecular flexibility index (Phi) is 6.42. The van der Waals surface area contributed by atoms with E-state index in [1.807, 2.05) is 6.92 Å². The molecule has 1 aromatic rings. The topological polar surface area (TPSA) is 64.4 Å². The maximum Gasteiger partial charge on any atom is 0.307 e. The molecular formula is C14H20ClN3O3. The van der Waals surface area contributed by atoms with Crippen molar-refractivity contribution in [1.82, 2.24) is 14.7 Å². The third-order valence-corrected chi connectivity index (χ3v) is 3.37. The summed E-state index contributed by atoms with van der Waals surface area (Å²) in [7, 11) is 3.36. The Bertz CT molecular complexity index is 552. The van der Waals surface area contributed by atoms with Gasteiger partial charge in [-0.25, -0.2) is 0 Å². The maximum absolute atomic E-state index is 11.9. The standard InChI is InChI=1S/C14H20ClN3O3/c1-5-21-13(20)8-9-17(3)12(19)7-6-11-10(2)16-18(4)14(11)15/h6-7H,5,8-9H2,1-4H3. The molecule has 0 aromatic carbocycles. The zero-order valence-electron chi connectivity index (χ0n) is 12.7. The Labute approximate surface area is 129 Å². The number of halogens is 1. The molecule has 21 heavy (non-hydrogen) atoms. The highest BCUT2D eigenvalue weighted by Crippen LogP contribution is 2.19. The first-order valence-electron chi connectivity index (χ1n) is 6.64. The van der Waals surface area contributed by atoms with Crippen molar-refractivity contribution >= 4 is 29.6 Å². The van der Waals surface area contributed by atoms with E-state index >= 15 is 0 Å². The quantitative estimate of drug-likeness (QED) is 0.593. The molecule has 0 aliphatic heterocycles. The molecule has 1 heterocycles. The number of ether oxygens (including phenoxy) is 1. The molecule has 0 aliphatic rings. The van der Waals surface area contributed by atoms with Gasteiger partial charge in [-0.15, -0.1) is 0 Å². The normalized spacial score (nSPS) is 10.9. The van der Waals surface area contributed by atoms with E-state index in [0.29, 0.717) is 23.9 Å². The highest BCUT2D eigenvalue weighted by atomic mass is 35.5.